The molecule has 0 bridgehead atoms. The molecule has 12 heteroatoms. The summed E-state index contributed by atoms with van der Waals surface area (Å²) in [5.74, 6) is -1.51. The highest BCUT2D eigenvalue weighted by molar-refractivity contribution is 5.73. The van der Waals surface area contributed by atoms with Crippen LogP contribution in [0.4, 0.5) is 0 Å². The molecule has 0 spiro atoms. The molecule has 0 amide bonds. The number of imidazole rings is 1. The number of aliphatic carboxylic acids is 1. The van der Waals surface area contributed by atoms with Gasteiger partial charge in [0.05, 0.1) is 12.9 Å². The van der Waals surface area contributed by atoms with Gasteiger partial charge in [-0.15, -0.1) is 4.73 Å². The van der Waals surface area contributed by atoms with Crippen molar-refractivity contribution in [2.24, 2.45) is 4.99 Å². The van der Waals surface area contributed by atoms with Gasteiger partial charge >= 0.3 is 5.97 Å². The summed E-state index contributed by atoms with van der Waals surface area (Å²) in [5, 5.41) is 39.0. The van der Waals surface area contributed by atoms with Crippen LogP contribution < -0.4 is 10.3 Å². The molecule has 1 aliphatic heterocycles. The molecule has 0 radical (unpaired) electrons. The number of hydrogen-bond donors (Lipinski definition) is 5. The van der Waals surface area contributed by atoms with Gasteiger partial charge in [-0.1, -0.05) is 30.3 Å². The Morgan fingerprint density at radius 2 is 1.93 bits per heavy atom. The number of aliphatic hydroxyl groups excluding tert-OH is 3. The number of aliphatic hydroxyl groups is 3. The van der Waals surface area contributed by atoms with Crippen LogP contribution >= 0.6 is 0 Å². The van der Waals surface area contributed by atoms with Crippen molar-refractivity contribution in [2.75, 3.05) is 0 Å². The molecule has 1 fully saturated rings. The van der Waals surface area contributed by atoms with Crippen molar-refractivity contribution in [2.45, 2.75) is 37.3 Å². The molecule has 1 aliphatic rings. The maximum atomic E-state index is 11.2. The van der Waals surface area contributed by atoms with Gasteiger partial charge in [-0.25, -0.2) is 14.8 Å². The number of carboxylic acid groups (broad SMARTS) is 1. The zero-order valence-electron chi connectivity index (χ0n) is 15.4. The molecule has 3 aromatic rings. The van der Waals surface area contributed by atoms with Crippen molar-refractivity contribution < 1.29 is 34.8 Å². The number of aromatic nitrogens is 4. The molecule has 5 N–H and O–H groups in total. The molecule has 12 nitrogen and oxygen atoms in total. The number of nitrogens with one attached hydrogen (secondary N) is 1. The molecule has 4 rings (SSSR count). The van der Waals surface area contributed by atoms with Crippen molar-refractivity contribution >= 4 is 17.1 Å². The zero-order valence-corrected chi connectivity index (χ0v) is 15.4. The van der Waals surface area contributed by atoms with Crippen molar-refractivity contribution in [3.05, 3.63) is 54.0 Å². The third-order valence-electron chi connectivity index (χ3n) is 4.62. The van der Waals surface area contributed by atoms with E-state index in [1.54, 1.807) is 0 Å². The fourth-order valence-corrected chi connectivity index (χ4v) is 3.04. The number of fused-ring (bicyclic) bond motifs is 1. The number of carbonyl (C=O) groups is 1. The zero-order chi connectivity index (χ0) is 21.3. The lowest BCUT2D eigenvalue weighted by atomic mass is 9.99. The second kappa shape index (κ2) is 8.20. The van der Waals surface area contributed by atoms with E-state index in [9.17, 15) is 20.1 Å². The Balaban J connectivity index is 1.61. The van der Waals surface area contributed by atoms with Gasteiger partial charge in [0, 0.05) is 0 Å². The summed E-state index contributed by atoms with van der Waals surface area (Å²) >= 11 is 0. The Morgan fingerprint density at radius 3 is 2.67 bits per heavy atom. The molecule has 0 aliphatic carbocycles. The predicted molar refractivity (Wildman–Crippen MR) is 98.5 cm³/mol. The molecule has 0 unspecified atom stereocenters. The summed E-state index contributed by atoms with van der Waals surface area (Å²) in [6.07, 6.45) is -6.06. The number of ether oxygens (including phenoxy) is 1. The van der Waals surface area contributed by atoms with E-state index in [1.807, 2.05) is 30.3 Å². The summed E-state index contributed by atoms with van der Waals surface area (Å²) in [6, 6.07) is 9.58. The van der Waals surface area contributed by atoms with E-state index in [1.165, 1.54) is 12.7 Å². The van der Waals surface area contributed by atoms with Crippen molar-refractivity contribution in [3.63, 3.8) is 0 Å². The number of rotatable bonds is 5. The van der Waals surface area contributed by atoms with Crippen molar-refractivity contribution in [3.8, 4) is 0 Å². The van der Waals surface area contributed by atoms with Crippen LogP contribution in [0.1, 0.15) is 5.56 Å². The minimum Gasteiger partial charge on any atom is -0.479 e. The van der Waals surface area contributed by atoms with E-state index in [-0.39, 0.29) is 5.65 Å². The van der Waals surface area contributed by atoms with Crippen molar-refractivity contribution in [1.29, 1.82) is 0 Å². The van der Waals surface area contributed by atoms with E-state index < -0.39 is 36.7 Å². The molecule has 2 aromatic heterocycles. The van der Waals surface area contributed by atoms with Gasteiger partial charge in [-0.2, -0.15) is 0 Å². The molecule has 158 valence electrons. The van der Waals surface area contributed by atoms with E-state index in [2.05, 4.69) is 19.9 Å². The summed E-state index contributed by atoms with van der Waals surface area (Å²) in [6.45, 7) is 0.391. The van der Waals surface area contributed by atoms with Crippen LogP contribution in [0.25, 0.3) is 11.2 Å². The lowest BCUT2D eigenvalue weighted by Gasteiger charge is -2.38. The lowest BCUT2D eigenvalue weighted by molar-refractivity contribution is -0.292. The molecule has 30 heavy (non-hydrogen) atoms. The predicted octanol–water partition coefficient (Wildman–Crippen LogP) is -1.82. The fourth-order valence-electron chi connectivity index (χ4n) is 3.04. The first kappa shape index (κ1) is 20.0. The third kappa shape index (κ3) is 3.76. The molecule has 5 atom stereocenters. The van der Waals surface area contributed by atoms with Crippen LogP contribution in [0.3, 0.4) is 0 Å². The number of H-pyrrole nitrogens is 1. The van der Waals surface area contributed by atoms with Crippen LogP contribution in [0.2, 0.25) is 0 Å². The van der Waals surface area contributed by atoms with Gasteiger partial charge in [0.15, 0.2) is 17.2 Å². The van der Waals surface area contributed by atoms with Gasteiger partial charge in [0.25, 0.3) is 6.29 Å². The van der Waals surface area contributed by atoms with Gasteiger partial charge in [0.2, 0.25) is 0 Å². The minimum atomic E-state index is -1.81. The van der Waals surface area contributed by atoms with E-state index >= 15 is 0 Å². The maximum Gasteiger partial charge on any atom is 0.335 e. The molecule has 1 saturated heterocycles. The topological polar surface area (TPSA) is 175 Å². The number of nitrogens with zero attached hydrogens (tertiary/aromatic N) is 4. The average Bonchev–Trinajstić information content (AvgIpc) is 3.24. The van der Waals surface area contributed by atoms with Gasteiger partial charge < -0.3 is 35.0 Å². The summed E-state index contributed by atoms with van der Waals surface area (Å²) in [4.78, 5) is 32.4. The molecule has 0 saturated carbocycles. The highest BCUT2D eigenvalue weighted by Crippen LogP contribution is 2.21. The smallest absolute Gasteiger partial charge is 0.335 e. The van der Waals surface area contributed by atoms with E-state index in [0.29, 0.717) is 17.5 Å². The molecular formula is C18H19N5O7. The Kier molecular flexibility index (Phi) is 5.46. The van der Waals surface area contributed by atoms with Crippen LogP contribution in [-0.4, -0.2) is 76.8 Å². The number of carboxylic acids is 1. The first-order valence-electron chi connectivity index (χ1n) is 9.00. The van der Waals surface area contributed by atoms with Gasteiger partial charge in [0.1, 0.15) is 30.2 Å². The molecule has 1 aromatic carbocycles. The number of hydrogen-bond acceptors (Lipinski definition) is 9. The van der Waals surface area contributed by atoms with E-state index in [4.69, 9.17) is 14.7 Å². The fraction of sp³-hybridized carbons (Fsp3) is 0.333. The highest BCUT2D eigenvalue weighted by atomic mass is 16.8. The summed E-state index contributed by atoms with van der Waals surface area (Å²) < 4.78 is 6.18. The second-order valence-corrected chi connectivity index (χ2v) is 6.64. The summed E-state index contributed by atoms with van der Waals surface area (Å²) in [7, 11) is 0. The Morgan fingerprint density at radius 1 is 1.17 bits per heavy atom. The quantitative estimate of drug-likeness (QED) is 0.320. The maximum absolute atomic E-state index is 11.2. The van der Waals surface area contributed by atoms with E-state index in [0.717, 1.165) is 10.3 Å². The SMILES string of the molecule is O=C(O)[C@H]1O[C@@H](On2cnc(=NCc3ccccc3)c3[nH]cnc32)[C@H](O)[C@@H](O)[C@@H]1O. The second-order valence-electron chi connectivity index (χ2n) is 6.64. The normalized spacial score (nSPS) is 27.3. The Bertz CT molecular complexity index is 1100. The number of benzene rings is 1. The van der Waals surface area contributed by atoms with Crippen LogP contribution in [0.15, 0.2) is 48.0 Å². The standard InChI is InChI=1S/C18H19N5O7/c24-11-12(25)14(17(27)28)29-18(13(11)26)30-23-8-22-15(10-16(23)21-7-20-10)19-6-9-4-2-1-3-5-9/h1-5,7-8,11-14,18,24-26H,6H2,(H,20,21)(H,27,28)/t11-,12-,13+,14-,18-/m0/s1. The number of aromatic amines is 1. The summed E-state index contributed by atoms with van der Waals surface area (Å²) in [5.41, 5.74) is 2.05. The highest BCUT2D eigenvalue weighted by Gasteiger charge is 2.48. The molecular weight excluding hydrogens is 398 g/mol. The molecule has 3 heterocycles. The minimum absolute atomic E-state index is 0.250. The Hall–Kier alpha value is -3.32. The third-order valence-corrected chi connectivity index (χ3v) is 4.62. The van der Waals surface area contributed by atoms with Crippen LogP contribution in [0, 0.1) is 0 Å². The Labute approximate surface area is 168 Å². The lowest BCUT2D eigenvalue weighted by Crippen LogP contribution is -2.62. The van der Waals surface area contributed by atoms with Crippen molar-refractivity contribution in [1.82, 2.24) is 19.7 Å². The van der Waals surface area contributed by atoms with Crippen LogP contribution in [0.5, 0.6) is 0 Å². The van der Waals surface area contributed by atoms with Gasteiger partial charge in [-0.3, -0.25) is 4.99 Å². The van der Waals surface area contributed by atoms with Crippen LogP contribution in [-0.2, 0) is 16.1 Å². The largest absolute Gasteiger partial charge is 0.479 e. The monoisotopic (exact) mass is 417 g/mol. The van der Waals surface area contributed by atoms with Gasteiger partial charge in [-0.05, 0) is 5.56 Å². The first-order chi connectivity index (χ1) is 14.5. The first-order valence-corrected chi connectivity index (χ1v) is 9.00. The average molecular weight is 417 g/mol.